The van der Waals surface area contributed by atoms with E-state index >= 15 is 0 Å². The third-order valence-corrected chi connectivity index (χ3v) is 2.48. The van der Waals surface area contributed by atoms with Gasteiger partial charge in [-0.25, -0.2) is 4.39 Å². The van der Waals surface area contributed by atoms with Crippen molar-refractivity contribution in [1.29, 1.82) is 0 Å². The van der Waals surface area contributed by atoms with Gasteiger partial charge in [0, 0.05) is 12.6 Å². The second-order valence-corrected chi connectivity index (χ2v) is 4.74. The van der Waals surface area contributed by atoms with E-state index in [2.05, 4.69) is 18.7 Å². The number of aromatic hydroxyl groups is 1. The third kappa shape index (κ3) is 4.62. The number of phenols is 1. The first-order valence-electron chi connectivity index (χ1n) is 5.64. The highest BCUT2D eigenvalue weighted by atomic mass is 19.1. The molecule has 0 unspecified atom stereocenters. The van der Waals surface area contributed by atoms with Crippen LogP contribution in [0, 0.1) is 11.7 Å². The Bertz CT molecular complexity index is 318. The topological polar surface area (TPSA) is 23.5 Å². The quantitative estimate of drug-likeness (QED) is 0.832. The van der Waals surface area contributed by atoms with E-state index in [4.69, 9.17) is 0 Å². The molecule has 0 fully saturated rings. The van der Waals surface area contributed by atoms with Crippen molar-refractivity contribution < 1.29 is 9.50 Å². The van der Waals surface area contributed by atoms with Crippen molar-refractivity contribution in [1.82, 2.24) is 4.90 Å². The van der Waals surface area contributed by atoms with E-state index in [0.717, 1.165) is 24.6 Å². The van der Waals surface area contributed by atoms with E-state index in [0.29, 0.717) is 12.5 Å². The van der Waals surface area contributed by atoms with Crippen LogP contribution in [0.4, 0.5) is 4.39 Å². The Morgan fingerprint density at radius 3 is 2.56 bits per heavy atom. The van der Waals surface area contributed by atoms with E-state index in [-0.39, 0.29) is 11.6 Å². The number of phenolic OH excluding ortho intramolecular Hbond substituents is 1. The molecule has 0 atom stereocenters. The van der Waals surface area contributed by atoms with Gasteiger partial charge in [-0.15, -0.1) is 0 Å². The smallest absolute Gasteiger partial charge is 0.127 e. The molecular formula is C13H20FNO. The zero-order chi connectivity index (χ0) is 12.1. The van der Waals surface area contributed by atoms with Crippen LogP contribution in [0.3, 0.4) is 0 Å². The van der Waals surface area contributed by atoms with E-state index < -0.39 is 0 Å². The fraction of sp³-hybridized carbons (Fsp3) is 0.538. The number of nitrogens with zero attached hydrogens (tertiary/aromatic N) is 1. The molecule has 0 spiro atoms. The number of hydrogen-bond acceptors (Lipinski definition) is 2. The maximum absolute atomic E-state index is 13.0. The first-order chi connectivity index (χ1) is 7.47. The van der Waals surface area contributed by atoms with E-state index in [9.17, 15) is 9.50 Å². The van der Waals surface area contributed by atoms with Crippen LogP contribution in [0.1, 0.15) is 25.8 Å². The second kappa shape index (κ2) is 5.85. The van der Waals surface area contributed by atoms with Crippen LogP contribution in [-0.2, 0) is 6.54 Å². The van der Waals surface area contributed by atoms with Crippen LogP contribution in [0.15, 0.2) is 18.2 Å². The van der Waals surface area contributed by atoms with E-state index in [1.54, 1.807) is 6.07 Å². The highest BCUT2D eigenvalue weighted by Gasteiger charge is 2.04. The summed E-state index contributed by atoms with van der Waals surface area (Å²) in [5.74, 6) is 0.280. The lowest BCUT2D eigenvalue weighted by Crippen LogP contribution is -2.20. The molecule has 0 heterocycles. The van der Waals surface area contributed by atoms with Gasteiger partial charge in [0.2, 0.25) is 0 Å². The normalized spacial score (nSPS) is 11.4. The summed E-state index contributed by atoms with van der Waals surface area (Å²) in [5, 5.41) is 9.27. The molecule has 0 aliphatic heterocycles. The van der Waals surface area contributed by atoms with Gasteiger partial charge in [0.15, 0.2) is 0 Å². The minimum Gasteiger partial charge on any atom is -0.508 e. The van der Waals surface area contributed by atoms with Gasteiger partial charge in [-0.3, -0.25) is 0 Å². The summed E-state index contributed by atoms with van der Waals surface area (Å²) in [6, 6.07) is 4.19. The molecule has 1 aromatic carbocycles. The Kier molecular flexibility index (Phi) is 4.74. The second-order valence-electron chi connectivity index (χ2n) is 4.74. The number of hydrogen-bond donors (Lipinski definition) is 1. The lowest BCUT2D eigenvalue weighted by atomic mass is 10.1. The van der Waals surface area contributed by atoms with Gasteiger partial charge in [0.1, 0.15) is 11.6 Å². The molecule has 0 aliphatic carbocycles. The first kappa shape index (κ1) is 13.0. The van der Waals surface area contributed by atoms with Crippen molar-refractivity contribution in [3.63, 3.8) is 0 Å². The Morgan fingerprint density at radius 1 is 1.31 bits per heavy atom. The van der Waals surface area contributed by atoms with Crippen LogP contribution in [0.2, 0.25) is 0 Å². The zero-order valence-corrected chi connectivity index (χ0v) is 10.2. The van der Waals surface area contributed by atoms with Crippen LogP contribution in [0.25, 0.3) is 0 Å². The predicted molar refractivity (Wildman–Crippen MR) is 63.9 cm³/mol. The van der Waals surface area contributed by atoms with Crippen molar-refractivity contribution in [3.05, 3.63) is 29.6 Å². The van der Waals surface area contributed by atoms with Gasteiger partial charge in [0.05, 0.1) is 0 Å². The van der Waals surface area contributed by atoms with Crippen molar-refractivity contribution in [2.75, 3.05) is 13.6 Å². The maximum Gasteiger partial charge on any atom is 0.127 e. The number of halogens is 1. The number of rotatable bonds is 5. The fourth-order valence-corrected chi connectivity index (χ4v) is 1.59. The molecular weight excluding hydrogens is 205 g/mol. The van der Waals surface area contributed by atoms with Crippen LogP contribution >= 0.6 is 0 Å². The van der Waals surface area contributed by atoms with Gasteiger partial charge < -0.3 is 10.0 Å². The summed E-state index contributed by atoms with van der Waals surface area (Å²) < 4.78 is 13.0. The van der Waals surface area contributed by atoms with Gasteiger partial charge >= 0.3 is 0 Å². The summed E-state index contributed by atoms with van der Waals surface area (Å²) in [5.41, 5.74) is 0.809. The van der Waals surface area contributed by atoms with Crippen molar-refractivity contribution in [3.8, 4) is 5.75 Å². The van der Waals surface area contributed by atoms with Gasteiger partial charge in [-0.2, -0.15) is 0 Å². The summed E-state index contributed by atoms with van der Waals surface area (Å²) in [4.78, 5) is 2.13. The Labute approximate surface area is 96.7 Å². The lowest BCUT2D eigenvalue weighted by Gasteiger charge is -2.18. The summed E-state index contributed by atoms with van der Waals surface area (Å²) in [6.07, 6.45) is 1.12. The average molecular weight is 225 g/mol. The van der Waals surface area contributed by atoms with Crippen LogP contribution in [0.5, 0.6) is 5.75 Å². The van der Waals surface area contributed by atoms with Crippen LogP contribution in [-0.4, -0.2) is 23.6 Å². The lowest BCUT2D eigenvalue weighted by molar-refractivity contribution is 0.302. The minimum atomic E-state index is -0.382. The summed E-state index contributed by atoms with van der Waals surface area (Å²) >= 11 is 0. The Morgan fingerprint density at radius 2 is 2.00 bits per heavy atom. The van der Waals surface area contributed by atoms with Crippen molar-refractivity contribution in [2.45, 2.75) is 26.8 Å². The molecule has 0 aromatic heterocycles. The van der Waals surface area contributed by atoms with Crippen LogP contribution < -0.4 is 0 Å². The highest BCUT2D eigenvalue weighted by molar-refractivity contribution is 5.28. The number of benzene rings is 1. The third-order valence-electron chi connectivity index (χ3n) is 2.48. The SMILES string of the molecule is CC(C)CCN(C)Cc1cc(O)cc(F)c1. The van der Waals surface area contributed by atoms with Gasteiger partial charge in [-0.05, 0) is 43.6 Å². The van der Waals surface area contributed by atoms with Crippen molar-refractivity contribution in [2.24, 2.45) is 5.92 Å². The first-order valence-corrected chi connectivity index (χ1v) is 5.64. The Hall–Kier alpha value is -1.09. The summed E-state index contributed by atoms with van der Waals surface area (Å²) in [7, 11) is 2.00. The highest BCUT2D eigenvalue weighted by Crippen LogP contribution is 2.16. The molecule has 16 heavy (non-hydrogen) atoms. The maximum atomic E-state index is 13.0. The molecule has 90 valence electrons. The van der Waals surface area contributed by atoms with E-state index in [1.807, 2.05) is 7.05 Å². The largest absolute Gasteiger partial charge is 0.508 e. The predicted octanol–water partition coefficient (Wildman–Crippen LogP) is 3.01. The van der Waals surface area contributed by atoms with Crippen molar-refractivity contribution >= 4 is 0 Å². The zero-order valence-electron chi connectivity index (χ0n) is 10.2. The minimum absolute atomic E-state index is 0.00717. The van der Waals surface area contributed by atoms with Gasteiger partial charge in [-0.1, -0.05) is 13.8 Å². The fourth-order valence-electron chi connectivity index (χ4n) is 1.59. The molecule has 0 bridgehead atoms. The monoisotopic (exact) mass is 225 g/mol. The molecule has 0 aliphatic rings. The molecule has 1 N–H and O–H groups in total. The van der Waals surface area contributed by atoms with Gasteiger partial charge in [0.25, 0.3) is 0 Å². The molecule has 2 nitrogen and oxygen atoms in total. The summed E-state index contributed by atoms with van der Waals surface area (Å²) in [6.45, 7) is 6.01. The van der Waals surface area contributed by atoms with E-state index in [1.165, 1.54) is 6.07 Å². The standard InChI is InChI=1S/C13H20FNO/c1-10(2)4-5-15(3)9-11-6-12(14)8-13(16)7-11/h6-8,10,16H,4-5,9H2,1-3H3. The Balaban J connectivity index is 2.52. The molecule has 3 heteroatoms. The molecule has 0 radical (unpaired) electrons. The molecule has 0 saturated carbocycles. The molecule has 1 aromatic rings. The molecule has 1 rings (SSSR count). The molecule has 0 amide bonds. The average Bonchev–Trinajstić information content (AvgIpc) is 2.12. The molecule has 0 saturated heterocycles.